The molecule has 0 aliphatic rings. The largest absolute Gasteiger partial charge is 0.490 e. The van der Waals surface area contributed by atoms with Crippen LogP contribution in [0.5, 0.6) is 5.75 Å². The van der Waals surface area contributed by atoms with E-state index in [9.17, 15) is 9.70 Å². The predicted octanol–water partition coefficient (Wildman–Crippen LogP) is 1.57. The van der Waals surface area contributed by atoms with Crippen molar-refractivity contribution in [2.24, 2.45) is 27.4 Å². The van der Waals surface area contributed by atoms with Crippen LogP contribution in [0.1, 0.15) is 24.8 Å². The molecule has 0 radical (unpaired) electrons. The number of hydrogen-bond donors (Lipinski definition) is 4. The number of rotatable bonds is 13. The molecule has 0 saturated carbocycles. The Morgan fingerprint density at radius 3 is 2.43 bits per heavy atom. The van der Waals surface area contributed by atoms with Crippen LogP contribution in [-0.4, -0.2) is 44.1 Å². The highest BCUT2D eigenvalue weighted by Crippen LogP contribution is 2.34. The van der Waals surface area contributed by atoms with Gasteiger partial charge in [-0.15, -0.1) is 4.91 Å². The molecular formula is C17H26Cl2N6O3. The number of carbonyl (C=O) groups is 1. The van der Waals surface area contributed by atoms with Crippen LogP contribution < -0.4 is 27.3 Å². The summed E-state index contributed by atoms with van der Waals surface area (Å²) >= 11 is 12.4. The molecule has 11 heteroatoms. The Hall–Kier alpha value is -2.10. The van der Waals surface area contributed by atoms with E-state index in [0.29, 0.717) is 66.9 Å². The van der Waals surface area contributed by atoms with Crippen molar-refractivity contribution in [3.8, 4) is 5.75 Å². The maximum Gasteiger partial charge on any atom is 0.248 e. The minimum atomic E-state index is -1.09. The fraction of sp³-hybridized carbons (Fsp3) is 0.529. The lowest BCUT2D eigenvalue weighted by atomic mass is 10.1. The average molecular weight is 433 g/mol. The average Bonchev–Trinajstić information content (AvgIpc) is 2.64. The highest BCUT2D eigenvalue weighted by atomic mass is 35.5. The summed E-state index contributed by atoms with van der Waals surface area (Å²) in [5.41, 5.74) is 16.5. The Kier molecular flexibility index (Phi) is 11.2. The molecule has 1 amide bonds. The van der Waals surface area contributed by atoms with Crippen molar-refractivity contribution in [2.45, 2.75) is 31.7 Å². The van der Waals surface area contributed by atoms with Crippen molar-refractivity contribution in [1.29, 1.82) is 0 Å². The van der Waals surface area contributed by atoms with E-state index in [2.05, 4.69) is 15.5 Å². The first kappa shape index (κ1) is 23.9. The Morgan fingerprint density at radius 1 is 1.18 bits per heavy atom. The number of nitrogens with two attached hydrogens (primary N) is 3. The van der Waals surface area contributed by atoms with Crippen LogP contribution in [0.15, 0.2) is 22.3 Å². The fourth-order valence-electron chi connectivity index (χ4n) is 2.30. The number of benzene rings is 1. The molecule has 28 heavy (non-hydrogen) atoms. The van der Waals surface area contributed by atoms with Crippen molar-refractivity contribution in [1.82, 2.24) is 5.32 Å². The Morgan fingerprint density at radius 2 is 1.86 bits per heavy atom. The van der Waals surface area contributed by atoms with Gasteiger partial charge in [0, 0.05) is 19.5 Å². The minimum absolute atomic E-state index is 0.0300. The van der Waals surface area contributed by atoms with E-state index in [4.69, 9.17) is 45.1 Å². The second-order valence-electron chi connectivity index (χ2n) is 6.01. The number of nitroso groups, excluding NO2 is 1. The van der Waals surface area contributed by atoms with E-state index in [-0.39, 0.29) is 12.4 Å². The highest BCUT2D eigenvalue weighted by Gasteiger charge is 2.21. The summed E-state index contributed by atoms with van der Waals surface area (Å²) < 4.78 is 5.51. The first-order valence-electron chi connectivity index (χ1n) is 8.85. The third kappa shape index (κ3) is 8.73. The van der Waals surface area contributed by atoms with Gasteiger partial charge in [0.05, 0.1) is 16.7 Å². The number of halogens is 2. The SMILES string of the molecule is NCCCOc1c(Cl)cc(CC(N=O)C(=O)NCCCCN=C(N)N)cc1Cl. The molecule has 0 aliphatic heterocycles. The number of nitrogens with one attached hydrogen (secondary N) is 1. The van der Waals surface area contributed by atoms with Gasteiger partial charge in [-0.05, 0) is 43.5 Å². The molecule has 1 aromatic rings. The highest BCUT2D eigenvalue weighted by molar-refractivity contribution is 6.37. The normalized spacial score (nSPS) is 11.5. The third-order valence-corrected chi connectivity index (χ3v) is 4.25. The number of hydrogen-bond acceptors (Lipinski definition) is 6. The summed E-state index contributed by atoms with van der Waals surface area (Å²) in [4.78, 5) is 27.1. The molecular weight excluding hydrogens is 407 g/mol. The number of aliphatic imine (C=N–C) groups is 1. The summed E-state index contributed by atoms with van der Waals surface area (Å²) in [6.07, 6.45) is 2.11. The number of unbranched alkanes of at least 4 members (excludes halogenated alkanes) is 1. The molecule has 0 aromatic heterocycles. The number of ether oxygens (including phenoxy) is 1. The first-order chi connectivity index (χ1) is 13.4. The lowest BCUT2D eigenvalue weighted by Crippen LogP contribution is -2.35. The zero-order valence-corrected chi connectivity index (χ0v) is 17.0. The molecule has 1 rings (SSSR count). The summed E-state index contributed by atoms with van der Waals surface area (Å²) in [6.45, 7) is 1.74. The van der Waals surface area contributed by atoms with Gasteiger partial charge in [0.2, 0.25) is 5.91 Å². The van der Waals surface area contributed by atoms with Crippen LogP contribution in [-0.2, 0) is 11.2 Å². The number of carbonyl (C=O) groups excluding carboxylic acids is 1. The van der Waals surface area contributed by atoms with Gasteiger partial charge in [0.1, 0.15) is 0 Å². The number of nitrogens with zero attached hydrogens (tertiary/aromatic N) is 2. The van der Waals surface area contributed by atoms with Crippen molar-refractivity contribution >= 4 is 35.1 Å². The molecule has 0 aliphatic carbocycles. The molecule has 0 bridgehead atoms. The van der Waals surface area contributed by atoms with Gasteiger partial charge in [-0.25, -0.2) is 0 Å². The van der Waals surface area contributed by atoms with E-state index in [1.807, 2.05) is 0 Å². The molecule has 0 saturated heterocycles. The Bertz CT molecular complexity index is 660. The third-order valence-electron chi connectivity index (χ3n) is 3.69. The van der Waals surface area contributed by atoms with E-state index in [0.717, 1.165) is 0 Å². The smallest absolute Gasteiger partial charge is 0.248 e. The lowest BCUT2D eigenvalue weighted by Gasteiger charge is -2.13. The van der Waals surface area contributed by atoms with E-state index >= 15 is 0 Å². The lowest BCUT2D eigenvalue weighted by molar-refractivity contribution is -0.122. The van der Waals surface area contributed by atoms with Gasteiger partial charge in [-0.2, -0.15) is 0 Å². The molecule has 9 nitrogen and oxygen atoms in total. The zero-order valence-electron chi connectivity index (χ0n) is 15.5. The molecule has 156 valence electrons. The standard InChI is InChI=1S/C17H26Cl2N6O3/c18-12-8-11(9-13(19)15(12)28-7-3-4-20)10-14(25-27)16(26)23-5-1-2-6-24-17(21)22/h8-9,14H,1-7,10,20H2,(H,23,26)(H4,21,22,24). The summed E-state index contributed by atoms with van der Waals surface area (Å²) in [7, 11) is 0. The second-order valence-corrected chi connectivity index (χ2v) is 6.82. The maximum absolute atomic E-state index is 12.2. The van der Waals surface area contributed by atoms with Crippen molar-refractivity contribution in [3.05, 3.63) is 32.6 Å². The van der Waals surface area contributed by atoms with Gasteiger partial charge < -0.3 is 27.3 Å². The maximum atomic E-state index is 12.2. The minimum Gasteiger partial charge on any atom is -0.490 e. The topological polar surface area (TPSA) is 158 Å². The van der Waals surface area contributed by atoms with E-state index in [1.54, 1.807) is 12.1 Å². The zero-order chi connectivity index (χ0) is 20.9. The van der Waals surface area contributed by atoms with E-state index in [1.165, 1.54) is 0 Å². The molecule has 1 unspecified atom stereocenters. The molecule has 0 spiro atoms. The van der Waals surface area contributed by atoms with Gasteiger partial charge in [-0.1, -0.05) is 28.4 Å². The van der Waals surface area contributed by atoms with Crippen molar-refractivity contribution in [3.63, 3.8) is 0 Å². The van der Waals surface area contributed by atoms with E-state index < -0.39 is 11.9 Å². The summed E-state index contributed by atoms with van der Waals surface area (Å²) in [6, 6.07) is 2.12. The van der Waals surface area contributed by atoms with Crippen molar-refractivity contribution < 1.29 is 9.53 Å². The van der Waals surface area contributed by atoms with Crippen LogP contribution in [0.4, 0.5) is 0 Å². The van der Waals surface area contributed by atoms with Crippen LogP contribution >= 0.6 is 23.2 Å². The molecule has 1 atom stereocenters. The Labute approximate surface area is 173 Å². The van der Waals surface area contributed by atoms with Crippen LogP contribution in [0, 0.1) is 4.91 Å². The first-order valence-corrected chi connectivity index (χ1v) is 9.61. The fourth-order valence-corrected chi connectivity index (χ4v) is 2.94. The monoisotopic (exact) mass is 432 g/mol. The van der Waals surface area contributed by atoms with Crippen LogP contribution in [0.2, 0.25) is 10.0 Å². The molecule has 0 heterocycles. The second kappa shape index (κ2) is 13.1. The molecule has 1 aromatic carbocycles. The van der Waals surface area contributed by atoms with Crippen LogP contribution in [0.3, 0.4) is 0 Å². The molecule has 7 N–H and O–H groups in total. The van der Waals surface area contributed by atoms with Gasteiger partial charge >= 0.3 is 0 Å². The van der Waals surface area contributed by atoms with Crippen LogP contribution in [0.25, 0.3) is 0 Å². The summed E-state index contributed by atoms with van der Waals surface area (Å²) in [5, 5.41) is 6.18. The number of guanidine groups is 1. The number of amides is 1. The van der Waals surface area contributed by atoms with Gasteiger partial charge in [0.15, 0.2) is 17.8 Å². The Balaban J connectivity index is 2.58. The van der Waals surface area contributed by atoms with Gasteiger partial charge in [0.25, 0.3) is 0 Å². The van der Waals surface area contributed by atoms with Crippen molar-refractivity contribution in [2.75, 3.05) is 26.2 Å². The van der Waals surface area contributed by atoms with Gasteiger partial charge in [-0.3, -0.25) is 9.79 Å². The predicted molar refractivity (Wildman–Crippen MR) is 112 cm³/mol. The quantitative estimate of drug-likeness (QED) is 0.160. The molecule has 0 fully saturated rings. The summed E-state index contributed by atoms with van der Waals surface area (Å²) in [5.74, 6) is -0.0869.